The maximum Gasteiger partial charge on any atom is 0.255 e. The third-order valence-electron chi connectivity index (χ3n) is 7.87. The van der Waals surface area contributed by atoms with Crippen molar-refractivity contribution in [2.24, 2.45) is 0 Å². The van der Waals surface area contributed by atoms with Crippen LogP contribution in [0.4, 0.5) is 8.78 Å². The van der Waals surface area contributed by atoms with Gasteiger partial charge in [0.1, 0.15) is 23.4 Å². The molecule has 1 unspecified atom stereocenters. The Morgan fingerprint density at radius 3 is 2.51 bits per heavy atom. The van der Waals surface area contributed by atoms with Gasteiger partial charge in [0.05, 0.1) is 13.2 Å². The Hall–Kier alpha value is -3.33. The number of hydrogen-bond acceptors (Lipinski definition) is 5. The van der Waals surface area contributed by atoms with Crippen LogP contribution in [-0.2, 0) is 28.1 Å². The number of piperidine rings is 2. The molecule has 4 aliphatic heterocycles. The molecule has 4 heterocycles. The van der Waals surface area contributed by atoms with Gasteiger partial charge in [-0.15, -0.1) is 0 Å². The van der Waals surface area contributed by atoms with Gasteiger partial charge in [0.2, 0.25) is 11.8 Å². The Kier molecular flexibility index (Phi) is 5.14. The summed E-state index contributed by atoms with van der Waals surface area (Å²) in [6, 6.07) is 6.78. The lowest BCUT2D eigenvalue weighted by molar-refractivity contribution is -0.136. The van der Waals surface area contributed by atoms with Gasteiger partial charge in [0.15, 0.2) is 0 Å². The van der Waals surface area contributed by atoms with Gasteiger partial charge in [-0.2, -0.15) is 0 Å². The number of ether oxygens (including phenoxy) is 1. The molecule has 2 saturated heterocycles. The van der Waals surface area contributed by atoms with Crippen LogP contribution in [0.15, 0.2) is 30.3 Å². The summed E-state index contributed by atoms with van der Waals surface area (Å²) in [7, 11) is 0. The monoisotopic (exact) mass is 481 g/mol. The molecule has 0 aliphatic carbocycles. The highest BCUT2D eigenvalue weighted by Gasteiger charge is 2.47. The Labute approximate surface area is 201 Å². The summed E-state index contributed by atoms with van der Waals surface area (Å²) >= 11 is 0. The van der Waals surface area contributed by atoms with Gasteiger partial charge in [-0.1, -0.05) is 6.07 Å². The number of rotatable bonds is 3. The molecule has 0 bridgehead atoms. The molecule has 0 saturated carbocycles. The maximum absolute atomic E-state index is 13.6. The van der Waals surface area contributed by atoms with Gasteiger partial charge < -0.3 is 9.64 Å². The van der Waals surface area contributed by atoms with Crippen molar-refractivity contribution in [3.05, 3.63) is 64.2 Å². The van der Waals surface area contributed by atoms with Gasteiger partial charge in [-0.25, -0.2) is 8.78 Å². The number of amides is 3. The molecule has 2 fully saturated rings. The van der Waals surface area contributed by atoms with Crippen LogP contribution in [-0.4, -0.2) is 53.3 Å². The van der Waals surface area contributed by atoms with E-state index in [1.807, 2.05) is 12.1 Å². The van der Waals surface area contributed by atoms with Crippen LogP contribution in [0.3, 0.4) is 0 Å². The van der Waals surface area contributed by atoms with Crippen molar-refractivity contribution in [2.75, 3.05) is 19.7 Å². The van der Waals surface area contributed by atoms with Crippen LogP contribution in [0.25, 0.3) is 0 Å². The highest BCUT2D eigenvalue weighted by atomic mass is 19.1. The van der Waals surface area contributed by atoms with E-state index in [1.54, 1.807) is 4.90 Å². The molecule has 1 spiro atoms. The summed E-state index contributed by atoms with van der Waals surface area (Å²) in [5.41, 5.74) is 2.90. The number of carbonyl (C=O) groups excluding carboxylic acids is 3. The van der Waals surface area contributed by atoms with Crippen molar-refractivity contribution in [3.8, 4) is 5.75 Å². The molecule has 1 N–H and O–H groups in total. The standard InChI is InChI=1S/C26H25F2N3O4/c27-16-9-15(10-17(28)11-16)12-30-7-5-26(6-8-30)14-35-23-19-13-31(21-3-4-22(32)29-24(21)33)25(34)18(19)1-2-20(23)26/h1-2,9-11,21H,3-8,12-14H2,(H,29,32,33). The highest BCUT2D eigenvalue weighted by molar-refractivity contribution is 6.05. The van der Waals surface area contributed by atoms with Crippen LogP contribution < -0.4 is 10.1 Å². The van der Waals surface area contributed by atoms with E-state index in [0.29, 0.717) is 30.7 Å². The van der Waals surface area contributed by atoms with Crippen LogP contribution >= 0.6 is 0 Å². The molecule has 0 aromatic heterocycles. The summed E-state index contributed by atoms with van der Waals surface area (Å²) in [4.78, 5) is 40.7. The van der Waals surface area contributed by atoms with Crippen molar-refractivity contribution >= 4 is 17.7 Å². The van der Waals surface area contributed by atoms with Crippen LogP contribution in [0.2, 0.25) is 0 Å². The van der Waals surface area contributed by atoms with Gasteiger partial charge in [0.25, 0.3) is 5.91 Å². The molecule has 0 radical (unpaired) electrons. The van der Waals surface area contributed by atoms with E-state index < -0.39 is 23.6 Å². The maximum atomic E-state index is 13.6. The van der Waals surface area contributed by atoms with E-state index in [4.69, 9.17) is 4.74 Å². The van der Waals surface area contributed by atoms with Crippen LogP contribution in [0, 0.1) is 11.6 Å². The Balaban J connectivity index is 1.19. The minimum atomic E-state index is -0.658. The smallest absolute Gasteiger partial charge is 0.255 e. The molecule has 182 valence electrons. The summed E-state index contributed by atoms with van der Waals surface area (Å²) in [6.45, 7) is 2.82. The summed E-state index contributed by atoms with van der Waals surface area (Å²) < 4.78 is 33.3. The predicted molar refractivity (Wildman–Crippen MR) is 121 cm³/mol. The molecule has 2 aromatic carbocycles. The second-order valence-electron chi connectivity index (χ2n) is 9.99. The second-order valence-corrected chi connectivity index (χ2v) is 9.99. The van der Waals surface area contributed by atoms with E-state index in [9.17, 15) is 23.2 Å². The van der Waals surface area contributed by atoms with Gasteiger partial charge in [-0.3, -0.25) is 24.6 Å². The molecule has 4 aliphatic rings. The average Bonchev–Trinajstić information content (AvgIpc) is 3.33. The minimum Gasteiger partial charge on any atom is -0.492 e. The molecular weight excluding hydrogens is 456 g/mol. The predicted octanol–water partition coefficient (Wildman–Crippen LogP) is 2.65. The van der Waals surface area contributed by atoms with Gasteiger partial charge in [0, 0.05) is 41.1 Å². The van der Waals surface area contributed by atoms with E-state index in [2.05, 4.69) is 10.2 Å². The summed E-state index contributed by atoms with van der Waals surface area (Å²) in [6.07, 6.45) is 2.21. The third-order valence-corrected chi connectivity index (χ3v) is 7.87. The largest absolute Gasteiger partial charge is 0.492 e. The quantitative estimate of drug-likeness (QED) is 0.682. The average molecular weight is 481 g/mol. The lowest BCUT2D eigenvalue weighted by Crippen LogP contribution is -2.52. The topological polar surface area (TPSA) is 79.0 Å². The van der Waals surface area contributed by atoms with Gasteiger partial charge in [-0.05, 0) is 56.1 Å². The molecule has 2 aromatic rings. The number of benzene rings is 2. The number of nitrogens with zero attached hydrogens (tertiary/aromatic N) is 2. The zero-order valence-corrected chi connectivity index (χ0v) is 19.1. The van der Waals surface area contributed by atoms with E-state index in [1.165, 1.54) is 12.1 Å². The highest BCUT2D eigenvalue weighted by Crippen LogP contribution is 2.49. The summed E-state index contributed by atoms with van der Waals surface area (Å²) in [5.74, 6) is -1.34. The summed E-state index contributed by atoms with van der Waals surface area (Å²) in [5, 5.41) is 2.33. The zero-order valence-electron chi connectivity index (χ0n) is 19.1. The SMILES string of the molecule is O=C1CCC(N2Cc3c(ccc4c3OCC43CCN(Cc4cc(F)cc(F)c4)CC3)C2=O)C(=O)N1. The third kappa shape index (κ3) is 3.69. The second kappa shape index (κ2) is 8.12. The Morgan fingerprint density at radius 2 is 1.80 bits per heavy atom. The first kappa shape index (κ1) is 22.2. The van der Waals surface area contributed by atoms with Crippen LogP contribution in [0.5, 0.6) is 5.75 Å². The van der Waals surface area contributed by atoms with Gasteiger partial charge >= 0.3 is 0 Å². The fourth-order valence-electron chi connectivity index (χ4n) is 6.00. The molecule has 7 nitrogen and oxygen atoms in total. The molecule has 6 rings (SSSR count). The van der Waals surface area contributed by atoms with Crippen molar-refractivity contribution in [1.82, 2.24) is 15.1 Å². The number of imide groups is 1. The zero-order chi connectivity index (χ0) is 24.3. The molecule has 1 atom stereocenters. The number of likely N-dealkylation sites (tertiary alicyclic amines) is 1. The Bertz CT molecular complexity index is 1240. The fourth-order valence-corrected chi connectivity index (χ4v) is 6.00. The molecule has 9 heteroatoms. The normalized spacial score (nSPS) is 23.3. The number of nitrogens with one attached hydrogen (secondary N) is 1. The first-order valence-electron chi connectivity index (χ1n) is 11.9. The number of halogens is 2. The van der Waals surface area contributed by atoms with E-state index >= 15 is 0 Å². The Morgan fingerprint density at radius 1 is 1.06 bits per heavy atom. The lowest BCUT2D eigenvalue weighted by atomic mass is 9.74. The van der Waals surface area contributed by atoms with Crippen molar-refractivity contribution < 1.29 is 27.9 Å². The van der Waals surface area contributed by atoms with Crippen LogP contribution in [0.1, 0.15) is 52.7 Å². The first-order valence-corrected chi connectivity index (χ1v) is 11.9. The first-order chi connectivity index (χ1) is 16.8. The molecule has 35 heavy (non-hydrogen) atoms. The molecule has 3 amide bonds. The van der Waals surface area contributed by atoms with Crippen molar-refractivity contribution in [3.63, 3.8) is 0 Å². The van der Waals surface area contributed by atoms with Crippen molar-refractivity contribution in [1.29, 1.82) is 0 Å². The molecular formula is C26H25F2N3O4. The minimum absolute atomic E-state index is 0.168. The van der Waals surface area contributed by atoms with E-state index in [-0.39, 0.29) is 30.2 Å². The number of hydrogen-bond donors (Lipinski definition) is 1. The number of fused-ring (bicyclic) bond motifs is 4. The fraction of sp³-hybridized carbons (Fsp3) is 0.423. The van der Waals surface area contributed by atoms with Crippen molar-refractivity contribution in [2.45, 2.75) is 50.2 Å². The lowest BCUT2D eigenvalue weighted by Gasteiger charge is -2.38. The number of carbonyl (C=O) groups is 3. The van der Waals surface area contributed by atoms with E-state index in [0.717, 1.165) is 48.9 Å².